The van der Waals surface area contributed by atoms with Crippen LogP contribution in [0.3, 0.4) is 0 Å². The maximum absolute atomic E-state index is 13.1. The maximum atomic E-state index is 13.1. The number of halogens is 1. The van der Waals surface area contributed by atoms with Crippen molar-refractivity contribution in [1.82, 2.24) is 5.32 Å². The molecule has 0 aromatic heterocycles. The zero-order valence-corrected chi connectivity index (χ0v) is 14.6. The van der Waals surface area contributed by atoms with Crippen molar-refractivity contribution in [2.45, 2.75) is 26.4 Å². The zero-order valence-electron chi connectivity index (χ0n) is 13.9. The van der Waals surface area contributed by atoms with Gasteiger partial charge in [-0.15, -0.1) is 0 Å². The van der Waals surface area contributed by atoms with E-state index in [0.29, 0.717) is 29.5 Å². The molecule has 1 aliphatic heterocycles. The summed E-state index contributed by atoms with van der Waals surface area (Å²) in [5, 5.41) is 3.84. The van der Waals surface area contributed by atoms with E-state index in [4.69, 9.17) is 16.3 Å². The average molecular weight is 345 g/mol. The number of carbonyl (C=O) groups is 1. The van der Waals surface area contributed by atoms with Crippen molar-refractivity contribution in [2.75, 3.05) is 18.1 Å². The van der Waals surface area contributed by atoms with Crippen molar-refractivity contribution in [3.8, 4) is 5.75 Å². The van der Waals surface area contributed by atoms with Crippen LogP contribution in [0.2, 0.25) is 5.02 Å². The number of anilines is 1. The van der Waals surface area contributed by atoms with Crippen LogP contribution in [0.4, 0.5) is 5.69 Å². The van der Waals surface area contributed by atoms with E-state index >= 15 is 0 Å². The van der Waals surface area contributed by atoms with Crippen LogP contribution < -0.4 is 15.0 Å². The van der Waals surface area contributed by atoms with Crippen molar-refractivity contribution in [3.63, 3.8) is 0 Å². The third kappa shape index (κ3) is 3.40. The van der Waals surface area contributed by atoms with Crippen LogP contribution in [0.25, 0.3) is 0 Å². The van der Waals surface area contributed by atoms with E-state index in [1.165, 1.54) is 0 Å². The van der Waals surface area contributed by atoms with Gasteiger partial charge in [0.25, 0.3) is 5.91 Å². The smallest absolute Gasteiger partial charge is 0.259 e. The standard InChI is InChI=1S/C19H21ClN2O2/c1-3-24-15-8-9-16(17(20)10-15)19(23)22-12-13(2)21-11-14-6-4-5-7-18(14)22/h4-10,13,21H,3,11-12H2,1-2H3/t13-/m1/s1. The second-order valence-electron chi connectivity index (χ2n) is 5.90. The first-order valence-electron chi connectivity index (χ1n) is 8.15. The Morgan fingerprint density at radius 2 is 2.12 bits per heavy atom. The minimum atomic E-state index is -0.0916. The molecule has 0 spiro atoms. The van der Waals surface area contributed by atoms with E-state index in [-0.39, 0.29) is 11.9 Å². The number of fused-ring (bicyclic) bond motifs is 1. The number of amides is 1. The summed E-state index contributed by atoms with van der Waals surface area (Å²) in [6, 6.07) is 13.4. The summed E-state index contributed by atoms with van der Waals surface area (Å²) in [4.78, 5) is 14.9. The van der Waals surface area contributed by atoms with Crippen LogP contribution in [0, 0.1) is 0 Å². The fourth-order valence-corrected chi connectivity index (χ4v) is 3.16. The molecule has 0 saturated carbocycles. The first-order chi connectivity index (χ1) is 11.6. The number of rotatable bonds is 3. The SMILES string of the molecule is CCOc1ccc(C(=O)N2C[C@@H](C)NCc3ccccc32)c(Cl)c1. The van der Waals surface area contributed by atoms with Gasteiger partial charge in [0.15, 0.2) is 0 Å². The van der Waals surface area contributed by atoms with Gasteiger partial charge in [-0.05, 0) is 43.7 Å². The first-order valence-corrected chi connectivity index (χ1v) is 8.53. The van der Waals surface area contributed by atoms with Crippen LogP contribution in [0.5, 0.6) is 5.75 Å². The number of benzene rings is 2. The summed E-state index contributed by atoms with van der Waals surface area (Å²) < 4.78 is 5.44. The van der Waals surface area contributed by atoms with Crippen molar-refractivity contribution >= 4 is 23.2 Å². The molecule has 2 aromatic carbocycles. The molecule has 3 rings (SSSR count). The lowest BCUT2D eigenvalue weighted by molar-refractivity contribution is 0.0985. The predicted molar refractivity (Wildman–Crippen MR) is 97.0 cm³/mol. The molecule has 0 unspecified atom stereocenters. The van der Waals surface area contributed by atoms with E-state index < -0.39 is 0 Å². The minimum absolute atomic E-state index is 0.0916. The summed E-state index contributed by atoms with van der Waals surface area (Å²) in [7, 11) is 0. The van der Waals surface area contributed by atoms with E-state index in [9.17, 15) is 4.79 Å². The largest absolute Gasteiger partial charge is 0.494 e. The quantitative estimate of drug-likeness (QED) is 0.918. The number of hydrogen-bond donors (Lipinski definition) is 1. The predicted octanol–water partition coefficient (Wildman–Crippen LogP) is 3.88. The van der Waals surface area contributed by atoms with Crippen molar-refractivity contribution < 1.29 is 9.53 Å². The zero-order chi connectivity index (χ0) is 17.1. The van der Waals surface area contributed by atoms with Crippen LogP contribution in [-0.2, 0) is 6.54 Å². The summed E-state index contributed by atoms with van der Waals surface area (Å²) in [6.07, 6.45) is 0. The molecule has 2 aromatic rings. The third-order valence-corrected chi connectivity index (χ3v) is 4.42. The van der Waals surface area contributed by atoms with Gasteiger partial charge in [0.05, 0.1) is 17.2 Å². The van der Waals surface area contributed by atoms with Crippen LogP contribution >= 0.6 is 11.6 Å². The topological polar surface area (TPSA) is 41.6 Å². The Hall–Kier alpha value is -2.04. The molecule has 1 atom stereocenters. The van der Waals surface area contributed by atoms with Crippen LogP contribution in [0.1, 0.15) is 29.8 Å². The van der Waals surface area contributed by atoms with E-state index in [0.717, 1.165) is 17.8 Å². The number of nitrogens with zero attached hydrogens (tertiary/aromatic N) is 1. The number of nitrogens with one attached hydrogen (secondary N) is 1. The molecule has 0 aliphatic carbocycles. The van der Waals surface area contributed by atoms with Gasteiger partial charge in [-0.2, -0.15) is 0 Å². The Labute approximate surface area is 147 Å². The third-order valence-electron chi connectivity index (χ3n) is 4.11. The first kappa shape index (κ1) is 16.8. The van der Waals surface area contributed by atoms with Gasteiger partial charge >= 0.3 is 0 Å². The lowest BCUT2D eigenvalue weighted by Crippen LogP contribution is -2.39. The Bertz CT molecular complexity index is 748. The van der Waals surface area contributed by atoms with Crippen LogP contribution in [-0.4, -0.2) is 25.1 Å². The Kier molecular flexibility index (Phi) is 5.07. The van der Waals surface area contributed by atoms with Crippen LogP contribution in [0.15, 0.2) is 42.5 Å². The lowest BCUT2D eigenvalue weighted by atomic mass is 10.1. The molecule has 0 bridgehead atoms. The maximum Gasteiger partial charge on any atom is 0.259 e. The van der Waals surface area contributed by atoms with E-state index in [1.807, 2.05) is 36.1 Å². The molecule has 0 saturated heterocycles. The molecule has 1 N–H and O–H groups in total. The molecule has 1 aliphatic rings. The van der Waals surface area contributed by atoms with Gasteiger partial charge in [0.1, 0.15) is 5.75 Å². The molecule has 0 fully saturated rings. The molecule has 0 radical (unpaired) electrons. The van der Waals surface area contributed by atoms with Crippen molar-refractivity contribution in [3.05, 3.63) is 58.6 Å². The van der Waals surface area contributed by atoms with Crippen molar-refractivity contribution in [1.29, 1.82) is 0 Å². The molecule has 1 amide bonds. The lowest BCUT2D eigenvalue weighted by Gasteiger charge is -2.25. The number of para-hydroxylation sites is 1. The minimum Gasteiger partial charge on any atom is -0.494 e. The number of ether oxygens (including phenoxy) is 1. The highest BCUT2D eigenvalue weighted by molar-refractivity contribution is 6.34. The monoisotopic (exact) mass is 344 g/mol. The van der Waals surface area contributed by atoms with Gasteiger partial charge in [0, 0.05) is 24.8 Å². The fraction of sp³-hybridized carbons (Fsp3) is 0.316. The number of hydrogen-bond acceptors (Lipinski definition) is 3. The van der Waals surface area contributed by atoms with Gasteiger partial charge in [-0.3, -0.25) is 4.79 Å². The Morgan fingerprint density at radius 1 is 1.33 bits per heavy atom. The summed E-state index contributed by atoms with van der Waals surface area (Å²) in [5.41, 5.74) is 2.53. The molecule has 126 valence electrons. The summed E-state index contributed by atoms with van der Waals surface area (Å²) in [6.45, 7) is 5.89. The highest BCUT2D eigenvalue weighted by Gasteiger charge is 2.26. The van der Waals surface area contributed by atoms with Gasteiger partial charge in [-0.25, -0.2) is 0 Å². The van der Waals surface area contributed by atoms with Gasteiger partial charge < -0.3 is 15.0 Å². The van der Waals surface area contributed by atoms with E-state index in [1.54, 1.807) is 18.2 Å². The highest BCUT2D eigenvalue weighted by Crippen LogP contribution is 2.29. The van der Waals surface area contributed by atoms with Gasteiger partial charge in [-0.1, -0.05) is 29.8 Å². The second kappa shape index (κ2) is 7.24. The normalized spacial score (nSPS) is 17.1. The summed E-state index contributed by atoms with van der Waals surface area (Å²) in [5.74, 6) is 0.580. The Balaban J connectivity index is 1.96. The number of carbonyl (C=O) groups excluding carboxylic acids is 1. The molecule has 4 nitrogen and oxygen atoms in total. The molecule has 24 heavy (non-hydrogen) atoms. The van der Waals surface area contributed by atoms with Crippen molar-refractivity contribution in [2.24, 2.45) is 0 Å². The summed E-state index contributed by atoms with van der Waals surface area (Å²) >= 11 is 6.34. The van der Waals surface area contributed by atoms with Gasteiger partial charge in [0.2, 0.25) is 0 Å². The molecular formula is C19H21ClN2O2. The highest BCUT2D eigenvalue weighted by atomic mass is 35.5. The Morgan fingerprint density at radius 3 is 2.88 bits per heavy atom. The molecule has 5 heteroatoms. The molecular weight excluding hydrogens is 324 g/mol. The second-order valence-corrected chi connectivity index (χ2v) is 6.31. The van der Waals surface area contributed by atoms with E-state index in [2.05, 4.69) is 12.2 Å². The molecule has 1 heterocycles. The fourth-order valence-electron chi connectivity index (χ4n) is 2.91. The average Bonchev–Trinajstić information content (AvgIpc) is 2.74.